The molecule has 0 aliphatic heterocycles. The molecule has 0 fully saturated rings. The third-order valence-electron chi connectivity index (χ3n) is 3.13. The number of hydrogen-bond donors (Lipinski definition) is 0. The highest BCUT2D eigenvalue weighted by molar-refractivity contribution is 7.12. The second-order valence-electron chi connectivity index (χ2n) is 4.88. The molecule has 1 aromatic heterocycles. The smallest absolute Gasteiger partial charge is 0.172 e. The van der Waals surface area contributed by atoms with Crippen LogP contribution < -0.4 is 0 Å². The normalized spacial score (nSPS) is 10.8. The zero-order valence-corrected chi connectivity index (χ0v) is 12.8. The van der Waals surface area contributed by atoms with Crippen molar-refractivity contribution in [1.29, 1.82) is 0 Å². The van der Waals surface area contributed by atoms with Crippen LogP contribution in [0.4, 0.5) is 0 Å². The second kappa shape index (κ2) is 11.2. The van der Waals surface area contributed by atoms with E-state index in [1.807, 2.05) is 17.5 Å². The van der Waals surface area contributed by atoms with Gasteiger partial charge in [0, 0.05) is 19.6 Å². The topological polar surface area (TPSA) is 26.3 Å². The van der Waals surface area contributed by atoms with Crippen molar-refractivity contribution < 1.29 is 9.53 Å². The van der Waals surface area contributed by atoms with Gasteiger partial charge in [-0.15, -0.1) is 11.3 Å². The summed E-state index contributed by atoms with van der Waals surface area (Å²) in [4.78, 5) is 12.6. The monoisotopic (exact) mass is 282 g/mol. The SMILES string of the molecule is CCCCCCCCOCCCC(=O)c1cccs1. The van der Waals surface area contributed by atoms with E-state index in [0.29, 0.717) is 13.0 Å². The van der Waals surface area contributed by atoms with E-state index >= 15 is 0 Å². The first-order valence-electron chi connectivity index (χ1n) is 7.49. The quantitative estimate of drug-likeness (QED) is 0.394. The maximum absolute atomic E-state index is 11.7. The Kier molecular flexibility index (Phi) is 9.64. The van der Waals surface area contributed by atoms with Gasteiger partial charge in [-0.2, -0.15) is 0 Å². The predicted molar refractivity (Wildman–Crippen MR) is 82.1 cm³/mol. The van der Waals surface area contributed by atoms with E-state index in [2.05, 4.69) is 6.92 Å². The van der Waals surface area contributed by atoms with Crippen LogP contribution in [0.2, 0.25) is 0 Å². The highest BCUT2D eigenvalue weighted by Gasteiger charge is 2.05. The van der Waals surface area contributed by atoms with Crippen LogP contribution in [0.5, 0.6) is 0 Å². The number of carbonyl (C=O) groups excluding carboxylic acids is 1. The van der Waals surface area contributed by atoms with Gasteiger partial charge in [0.25, 0.3) is 0 Å². The minimum absolute atomic E-state index is 0.248. The number of thiophene rings is 1. The van der Waals surface area contributed by atoms with Gasteiger partial charge in [-0.25, -0.2) is 0 Å². The lowest BCUT2D eigenvalue weighted by molar-refractivity contribution is 0.0937. The highest BCUT2D eigenvalue weighted by atomic mass is 32.1. The first-order chi connectivity index (χ1) is 9.34. The molecule has 1 rings (SSSR count). The Labute approximate surface area is 121 Å². The van der Waals surface area contributed by atoms with Gasteiger partial charge in [-0.3, -0.25) is 4.79 Å². The summed E-state index contributed by atoms with van der Waals surface area (Å²) in [6.45, 7) is 3.80. The van der Waals surface area contributed by atoms with Crippen LogP contribution in [0.15, 0.2) is 17.5 Å². The summed E-state index contributed by atoms with van der Waals surface area (Å²) < 4.78 is 5.56. The van der Waals surface area contributed by atoms with E-state index in [4.69, 9.17) is 4.74 Å². The van der Waals surface area contributed by atoms with Crippen molar-refractivity contribution in [2.24, 2.45) is 0 Å². The average molecular weight is 282 g/mol. The van der Waals surface area contributed by atoms with Crippen molar-refractivity contribution >= 4 is 17.1 Å². The summed E-state index contributed by atoms with van der Waals surface area (Å²) >= 11 is 1.52. The van der Waals surface area contributed by atoms with Gasteiger partial charge in [0.15, 0.2) is 5.78 Å². The van der Waals surface area contributed by atoms with Crippen LogP contribution in [-0.2, 0) is 4.74 Å². The molecule has 0 atom stereocenters. The van der Waals surface area contributed by atoms with Gasteiger partial charge in [0.05, 0.1) is 4.88 Å². The van der Waals surface area contributed by atoms with Crippen LogP contribution in [-0.4, -0.2) is 19.0 Å². The standard InChI is InChI=1S/C16H26O2S/c1-2-3-4-5-6-7-12-18-13-8-10-15(17)16-11-9-14-19-16/h9,11,14H,2-8,10,12-13H2,1H3. The molecule has 0 spiro atoms. The van der Waals surface area contributed by atoms with Crippen LogP contribution in [0.25, 0.3) is 0 Å². The van der Waals surface area contributed by atoms with Gasteiger partial charge in [0.2, 0.25) is 0 Å². The number of hydrogen-bond acceptors (Lipinski definition) is 3. The lowest BCUT2D eigenvalue weighted by Gasteiger charge is -2.03. The van der Waals surface area contributed by atoms with Crippen LogP contribution in [0.1, 0.15) is 68.0 Å². The molecule has 0 aliphatic carbocycles. The van der Waals surface area contributed by atoms with Gasteiger partial charge < -0.3 is 4.74 Å². The van der Waals surface area contributed by atoms with Crippen molar-refractivity contribution in [2.45, 2.75) is 58.3 Å². The van der Waals surface area contributed by atoms with Gasteiger partial charge >= 0.3 is 0 Å². The van der Waals surface area contributed by atoms with Gasteiger partial charge in [-0.05, 0) is 24.3 Å². The third kappa shape index (κ3) is 8.17. The summed E-state index contributed by atoms with van der Waals surface area (Å²) in [6, 6.07) is 3.82. The van der Waals surface area contributed by atoms with Crippen molar-refractivity contribution in [3.8, 4) is 0 Å². The van der Waals surface area contributed by atoms with E-state index in [-0.39, 0.29) is 5.78 Å². The van der Waals surface area contributed by atoms with Crippen molar-refractivity contribution in [2.75, 3.05) is 13.2 Å². The molecule has 0 N–H and O–H groups in total. The fourth-order valence-electron chi connectivity index (χ4n) is 1.98. The van der Waals surface area contributed by atoms with E-state index < -0.39 is 0 Å². The first kappa shape index (κ1) is 16.4. The number of unbranched alkanes of at least 4 members (excludes halogenated alkanes) is 5. The fourth-order valence-corrected chi connectivity index (χ4v) is 2.68. The van der Waals surface area contributed by atoms with E-state index in [9.17, 15) is 4.79 Å². The Morgan fingerprint density at radius 2 is 1.84 bits per heavy atom. The number of ketones is 1. The number of carbonyl (C=O) groups is 1. The molecule has 3 heteroatoms. The molecule has 0 bridgehead atoms. The Morgan fingerprint density at radius 3 is 2.58 bits per heavy atom. The lowest BCUT2D eigenvalue weighted by Crippen LogP contribution is -2.01. The summed E-state index contributed by atoms with van der Waals surface area (Å²) in [5.41, 5.74) is 0. The fraction of sp³-hybridized carbons (Fsp3) is 0.688. The van der Waals surface area contributed by atoms with E-state index in [1.165, 1.54) is 43.4 Å². The van der Waals surface area contributed by atoms with Gasteiger partial charge in [-0.1, -0.05) is 45.1 Å². The van der Waals surface area contributed by atoms with Crippen molar-refractivity contribution in [3.05, 3.63) is 22.4 Å². The summed E-state index contributed by atoms with van der Waals surface area (Å²) in [5, 5.41) is 1.95. The summed E-state index contributed by atoms with van der Waals surface area (Å²) in [7, 11) is 0. The molecule has 2 nitrogen and oxygen atoms in total. The molecule has 19 heavy (non-hydrogen) atoms. The zero-order valence-electron chi connectivity index (χ0n) is 12.0. The predicted octanol–water partition coefficient (Wildman–Crippen LogP) is 5.09. The molecule has 0 saturated carbocycles. The van der Waals surface area contributed by atoms with Gasteiger partial charge in [0.1, 0.15) is 0 Å². The zero-order chi connectivity index (χ0) is 13.8. The summed E-state index contributed by atoms with van der Waals surface area (Å²) in [5.74, 6) is 0.248. The third-order valence-corrected chi connectivity index (χ3v) is 4.04. The van der Waals surface area contributed by atoms with Crippen LogP contribution in [0.3, 0.4) is 0 Å². The van der Waals surface area contributed by atoms with Crippen LogP contribution >= 0.6 is 11.3 Å². The first-order valence-corrected chi connectivity index (χ1v) is 8.37. The maximum Gasteiger partial charge on any atom is 0.172 e. The molecule has 0 unspecified atom stereocenters. The molecule has 0 aliphatic rings. The van der Waals surface area contributed by atoms with E-state index in [0.717, 1.165) is 24.3 Å². The lowest BCUT2D eigenvalue weighted by atomic mass is 10.1. The molecule has 108 valence electrons. The molecule has 1 heterocycles. The molecular weight excluding hydrogens is 256 g/mol. The minimum atomic E-state index is 0.248. The molecule has 0 aromatic carbocycles. The Bertz CT molecular complexity index is 319. The van der Waals surface area contributed by atoms with E-state index in [1.54, 1.807) is 0 Å². The van der Waals surface area contributed by atoms with Crippen molar-refractivity contribution in [3.63, 3.8) is 0 Å². The highest BCUT2D eigenvalue weighted by Crippen LogP contribution is 2.12. The molecule has 0 saturated heterocycles. The number of rotatable bonds is 12. The van der Waals surface area contributed by atoms with Crippen molar-refractivity contribution in [1.82, 2.24) is 0 Å². The second-order valence-corrected chi connectivity index (χ2v) is 5.83. The Hall–Kier alpha value is -0.670. The molecule has 1 aromatic rings. The number of ether oxygens (including phenoxy) is 1. The van der Waals surface area contributed by atoms with Crippen LogP contribution in [0, 0.1) is 0 Å². The maximum atomic E-state index is 11.7. The molecule has 0 radical (unpaired) electrons. The largest absolute Gasteiger partial charge is 0.381 e. The molecular formula is C16H26O2S. The Balaban J connectivity index is 1.85. The number of Topliss-reactive ketones (excluding diaryl/α,β-unsaturated/α-hetero) is 1. The average Bonchev–Trinajstić information content (AvgIpc) is 2.95. The summed E-state index contributed by atoms with van der Waals surface area (Å²) in [6.07, 6.45) is 9.21. The minimum Gasteiger partial charge on any atom is -0.381 e. The molecule has 0 amide bonds. The Morgan fingerprint density at radius 1 is 1.11 bits per heavy atom.